The van der Waals surface area contributed by atoms with Crippen molar-refractivity contribution in [2.45, 2.75) is 57.3 Å². The van der Waals surface area contributed by atoms with E-state index in [1.165, 1.54) is 0 Å². The van der Waals surface area contributed by atoms with Gasteiger partial charge in [0.1, 0.15) is 5.54 Å². The summed E-state index contributed by atoms with van der Waals surface area (Å²) in [5, 5.41) is 18.2. The first kappa shape index (κ1) is 31.0. The normalized spacial score (nSPS) is 24.8. The highest BCUT2D eigenvalue weighted by atomic mass is 16.7. The van der Waals surface area contributed by atoms with Crippen molar-refractivity contribution in [1.29, 1.82) is 0 Å². The van der Waals surface area contributed by atoms with E-state index in [0.29, 0.717) is 25.4 Å². The Kier molecular flexibility index (Phi) is 9.37. The number of aliphatic hydroxyl groups excluding tert-OH is 1. The Morgan fingerprint density at radius 1 is 0.978 bits per heavy atom. The number of para-hydroxylation sites is 1. The molecule has 1 spiro atoms. The van der Waals surface area contributed by atoms with Crippen LogP contribution in [0.2, 0.25) is 0 Å². The highest BCUT2D eigenvalue weighted by molar-refractivity contribution is 5.93. The molecule has 4 unspecified atom stereocenters. The molecular formula is C35H43N5O5. The van der Waals surface area contributed by atoms with E-state index in [9.17, 15) is 14.7 Å². The van der Waals surface area contributed by atoms with Crippen molar-refractivity contribution in [3.8, 4) is 0 Å². The lowest BCUT2D eigenvalue weighted by molar-refractivity contribution is -0.276. The summed E-state index contributed by atoms with van der Waals surface area (Å²) in [5.74, 6) is 0.157. The molecule has 4 atom stereocenters. The smallest absolute Gasteiger partial charge is 0.319 e. The van der Waals surface area contributed by atoms with Crippen LogP contribution < -0.4 is 20.9 Å². The second-order valence-electron chi connectivity index (χ2n) is 12.2. The van der Waals surface area contributed by atoms with Crippen LogP contribution in [-0.2, 0) is 20.9 Å². The average molecular weight is 614 g/mol. The van der Waals surface area contributed by atoms with Crippen molar-refractivity contribution in [3.63, 3.8) is 0 Å². The summed E-state index contributed by atoms with van der Waals surface area (Å²) >= 11 is 0. The number of benzene rings is 3. The van der Waals surface area contributed by atoms with Gasteiger partial charge in [-0.05, 0) is 55.2 Å². The monoisotopic (exact) mass is 613 g/mol. The number of hydrogen-bond acceptors (Lipinski definition) is 7. The van der Waals surface area contributed by atoms with Crippen LogP contribution in [-0.4, -0.2) is 66.4 Å². The number of amides is 3. The van der Waals surface area contributed by atoms with Crippen LogP contribution in [0.3, 0.4) is 0 Å². The van der Waals surface area contributed by atoms with Gasteiger partial charge in [-0.1, -0.05) is 61.5 Å². The van der Waals surface area contributed by atoms with Gasteiger partial charge in [0.15, 0.2) is 6.29 Å². The number of nitrogens with one attached hydrogen (secondary N) is 3. The number of nitrogens with zero attached hydrogens (tertiary/aromatic N) is 2. The molecule has 0 aliphatic carbocycles. The maximum absolute atomic E-state index is 13.2. The average Bonchev–Trinajstić information content (AvgIpc) is 3.38. The quantitative estimate of drug-likeness (QED) is 0.295. The predicted octanol–water partition coefficient (Wildman–Crippen LogP) is 4.54. The SMILES string of the molecule is CCNC(=O)Nc1ccc(C2OC(CN3CCC4(CC3)C(=O)NCN4c3ccccc3)C(C)C(c3ccc(CO)cc3)O2)cc1. The number of carbonyl (C=O) groups is 2. The molecule has 10 heteroatoms. The Labute approximate surface area is 264 Å². The van der Waals surface area contributed by atoms with E-state index in [1.807, 2.05) is 73.7 Å². The van der Waals surface area contributed by atoms with Crippen molar-refractivity contribution in [1.82, 2.24) is 15.5 Å². The molecule has 3 aliphatic heterocycles. The minimum Gasteiger partial charge on any atom is -0.392 e. The third-order valence-electron chi connectivity index (χ3n) is 9.43. The Morgan fingerprint density at radius 2 is 1.67 bits per heavy atom. The zero-order valence-corrected chi connectivity index (χ0v) is 25.9. The molecule has 10 nitrogen and oxygen atoms in total. The number of carbonyl (C=O) groups excluding carboxylic acids is 2. The molecule has 3 heterocycles. The van der Waals surface area contributed by atoms with Gasteiger partial charge in [-0.2, -0.15) is 0 Å². The maximum atomic E-state index is 13.2. The highest BCUT2D eigenvalue weighted by Gasteiger charge is 2.51. The summed E-state index contributed by atoms with van der Waals surface area (Å²) in [4.78, 5) is 29.8. The van der Waals surface area contributed by atoms with E-state index >= 15 is 0 Å². The maximum Gasteiger partial charge on any atom is 0.319 e. The molecule has 0 radical (unpaired) electrons. The Hall–Kier alpha value is -3.96. The predicted molar refractivity (Wildman–Crippen MR) is 172 cm³/mol. The Bertz CT molecular complexity index is 1440. The lowest BCUT2D eigenvalue weighted by Crippen LogP contribution is -2.57. The van der Waals surface area contributed by atoms with Crippen molar-refractivity contribution in [2.75, 3.05) is 43.1 Å². The summed E-state index contributed by atoms with van der Waals surface area (Å²) in [7, 11) is 0. The first-order valence-corrected chi connectivity index (χ1v) is 15.9. The summed E-state index contributed by atoms with van der Waals surface area (Å²) in [6.07, 6.45) is 0.524. The van der Waals surface area contributed by atoms with Crippen LogP contribution in [0.15, 0.2) is 78.9 Å². The fourth-order valence-corrected chi connectivity index (χ4v) is 6.78. The van der Waals surface area contributed by atoms with Crippen LogP contribution in [0.1, 0.15) is 55.8 Å². The molecule has 3 saturated heterocycles. The molecule has 3 aliphatic rings. The van der Waals surface area contributed by atoms with E-state index in [0.717, 1.165) is 48.3 Å². The Balaban J connectivity index is 1.18. The van der Waals surface area contributed by atoms with Gasteiger partial charge in [0, 0.05) is 49.0 Å². The minimum atomic E-state index is -0.599. The first-order valence-electron chi connectivity index (χ1n) is 15.9. The summed E-state index contributed by atoms with van der Waals surface area (Å²) in [6.45, 7) is 7.38. The zero-order valence-electron chi connectivity index (χ0n) is 25.9. The zero-order chi connectivity index (χ0) is 31.4. The molecule has 3 amide bonds. The van der Waals surface area contributed by atoms with Gasteiger partial charge in [-0.15, -0.1) is 0 Å². The van der Waals surface area contributed by atoms with Crippen molar-refractivity contribution in [2.24, 2.45) is 5.92 Å². The van der Waals surface area contributed by atoms with Crippen LogP contribution in [0.25, 0.3) is 0 Å². The van der Waals surface area contributed by atoms with E-state index in [4.69, 9.17) is 9.47 Å². The van der Waals surface area contributed by atoms with Crippen LogP contribution >= 0.6 is 0 Å². The molecule has 0 bridgehead atoms. The summed E-state index contributed by atoms with van der Waals surface area (Å²) in [5.41, 5.74) is 3.96. The molecule has 6 rings (SSSR count). The van der Waals surface area contributed by atoms with Gasteiger partial charge in [0.05, 0.1) is 25.5 Å². The molecule has 0 saturated carbocycles. The lowest BCUT2D eigenvalue weighted by Gasteiger charge is -2.46. The summed E-state index contributed by atoms with van der Waals surface area (Å²) in [6, 6.07) is 25.4. The number of ether oxygens (including phenoxy) is 2. The van der Waals surface area contributed by atoms with Crippen LogP contribution in [0, 0.1) is 5.92 Å². The molecule has 0 aromatic heterocycles. The molecule has 4 N–H and O–H groups in total. The van der Waals surface area contributed by atoms with E-state index in [1.54, 1.807) is 0 Å². The number of likely N-dealkylation sites (tertiary alicyclic amines) is 1. The molecule has 3 aromatic rings. The van der Waals surface area contributed by atoms with Gasteiger partial charge in [-0.3, -0.25) is 4.79 Å². The number of piperidine rings is 1. The highest BCUT2D eigenvalue weighted by Crippen LogP contribution is 2.43. The van der Waals surface area contributed by atoms with Gasteiger partial charge in [0.2, 0.25) is 5.91 Å². The first-order chi connectivity index (χ1) is 21.9. The fourth-order valence-electron chi connectivity index (χ4n) is 6.78. The van der Waals surface area contributed by atoms with Gasteiger partial charge in [-0.25, -0.2) is 4.79 Å². The Morgan fingerprint density at radius 3 is 2.33 bits per heavy atom. The number of anilines is 2. The third kappa shape index (κ3) is 6.55. The van der Waals surface area contributed by atoms with Gasteiger partial charge >= 0.3 is 6.03 Å². The van der Waals surface area contributed by atoms with Gasteiger partial charge in [0.25, 0.3) is 0 Å². The molecule has 3 fully saturated rings. The topological polar surface area (TPSA) is 115 Å². The standard InChI is InChI=1S/C35H43N5O5/c1-3-36-34(43)38-28-15-13-27(14-16-28)32-44-30(24(2)31(45-32)26-11-9-25(22-41)10-12-26)21-39-19-17-35(18-20-39)33(42)37-23-40(35)29-7-5-4-6-8-29/h4-16,24,30-32,41H,3,17-23H2,1-2H3,(H,37,42)(H2,36,38,43). The number of urea groups is 1. The molecule has 238 valence electrons. The summed E-state index contributed by atoms with van der Waals surface area (Å²) < 4.78 is 13.3. The minimum absolute atomic E-state index is 0.0114. The molecular weight excluding hydrogens is 570 g/mol. The fraction of sp³-hybridized carbons (Fsp3) is 0.429. The van der Waals surface area contributed by atoms with Crippen LogP contribution in [0.5, 0.6) is 0 Å². The van der Waals surface area contributed by atoms with Crippen molar-refractivity contribution >= 4 is 23.3 Å². The van der Waals surface area contributed by atoms with E-state index in [2.05, 4.69) is 44.8 Å². The molecule has 3 aromatic carbocycles. The largest absolute Gasteiger partial charge is 0.392 e. The molecule has 45 heavy (non-hydrogen) atoms. The van der Waals surface area contributed by atoms with Crippen molar-refractivity contribution in [3.05, 3.63) is 95.6 Å². The van der Waals surface area contributed by atoms with E-state index in [-0.39, 0.29) is 36.7 Å². The third-order valence-corrected chi connectivity index (χ3v) is 9.43. The number of rotatable bonds is 8. The lowest BCUT2D eigenvalue weighted by atomic mass is 9.84. The number of hydrogen-bond donors (Lipinski definition) is 4. The van der Waals surface area contributed by atoms with Gasteiger partial charge < -0.3 is 40.3 Å². The second-order valence-corrected chi connectivity index (χ2v) is 12.2. The van der Waals surface area contributed by atoms with Crippen molar-refractivity contribution < 1.29 is 24.2 Å². The van der Waals surface area contributed by atoms with Crippen LogP contribution in [0.4, 0.5) is 16.2 Å². The second kappa shape index (κ2) is 13.6. The van der Waals surface area contributed by atoms with E-state index < -0.39 is 11.8 Å². The number of aliphatic hydroxyl groups is 1.